The highest BCUT2D eigenvalue weighted by molar-refractivity contribution is 7.99. The van der Waals surface area contributed by atoms with Crippen LogP contribution in [0.3, 0.4) is 0 Å². The highest BCUT2D eigenvalue weighted by Gasteiger charge is 2.23. The van der Waals surface area contributed by atoms with Crippen molar-refractivity contribution >= 4 is 17.8 Å². The van der Waals surface area contributed by atoms with Crippen LogP contribution in [0.2, 0.25) is 0 Å². The molecule has 124 valence electrons. The number of thioether (sulfide) groups is 1. The molecule has 0 aliphatic carbocycles. The number of nitrogens with zero attached hydrogens (tertiary/aromatic N) is 4. The van der Waals surface area contributed by atoms with Gasteiger partial charge in [-0.05, 0) is 33.2 Å². The Bertz CT molecular complexity index is 490. The molecule has 1 saturated heterocycles. The third kappa shape index (κ3) is 4.39. The minimum absolute atomic E-state index is 0.0470. The zero-order valence-electron chi connectivity index (χ0n) is 14.0. The molecule has 0 saturated carbocycles. The number of hydrogen-bond donors (Lipinski definition) is 1. The van der Waals surface area contributed by atoms with Crippen LogP contribution in [0.5, 0.6) is 0 Å². The topological polar surface area (TPSA) is 53.4 Å². The van der Waals surface area contributed by atoms with Crippen molar-refractivity contribution < 1.29 is 4.79 Å². The molecule has 1 aromatic heterocycles. The van der Waals surface area contributed by atoms with E-state index in [4.69, 9.17) is 0 Å². The number of hydrogen-bond acceptors (Lipinski definition) is 4. The predicted molar refractivity (Wildman–Crippen MR) is 91.1 cm³/mol. The van der Waals surface area contributed by atoms with E-state index in [2.05, 4.69) is 22.2 Å². The molecule has 2 heterocycles. The molecule has 2 atom stereocenters. The van der Waals surface area contributed by atoms with Crippen LogP contribution in [-0.4, -0.2) is 70.3 Å². The minimum atomic E-state index is 0.0470. The fourth-order valence-corrected chi connectivity index (χ4v) is 3.73. The van der Waals surface area contributed by atoms with Crippen molar-refractivity contribution in [2.75, 3.05) is 38.7 Å². The van der Waals surface area contributed by atoms with Crippen LogP contribution in [0.4, 0.5) is 4.79 Å². The lowest BCUT2D eigenvalue weighted by Gasteiger charge is -2.29. The molecule has 2 rings (SSSR count). The van der Waals surface area contributed by atoms with Crippen molar-refractivity contribution in [2.45, 2.75) is 25.4 Å². The van der Waals surface area contributed by atoms with Gasteiger partial charge in [0.2, 0.25) is 0 Å². The molecular formula is C15H27N5OS. The monoisotopic (exact) mass is 325 g/mol. The van der Waals surface area contributed by atoms with E-state index in [1.165, 1.54) is 0 Å². The molecule has 6 nitrogen and oxygen atoms in total. The second-order valence-corrected chi connectivity index (χ2v) is 7.28. The second kappa shape index (κ2) is 7.87. The summed E-state index contributed by atoms with van der Waals surface area (Å²) in [6.07, 6.45) is 4.93. The van der Waals surface area contributed by atoms with E-state index in [1.807, 2.05) is 50.2 Å². The quantitative estimate of drug-likeness (QED) is 0.913. The molecule has 1 N–H and O–H groups in total. The summed E-state index contributed by atoms with van der Waals surface area (Å²) in [5, 5.41) is 7.32. The smallest absolute Gasteiger partial charge is 0.317 e. The third-order valence-corrected chi connectivity index (χ3v) is 5.12. The first-order valence-corrected chi connectivity index (χ1v) is 8.91. The van der Waals surface area contributed by atoms with Gasteiger partial charge in [-0.1, -0.05) is 0 Å². The molecule has 0 radical (unpaired) electrons. The van der Waals surface area contributed by atoms with E-state index in [0.29, 0.717) is 12.6 Å². The van der Waals surface area contributed by atoms with E-state index < -0.39 is 0 Å². The van der Waals surface area contributed by atoms with Gasteiger partial charge in [0.05, 0.1) is 12.2 Å². The average molecular weight is 325 g/mol. The summed E-state index contributed by atoms with van der Waals surface area (Å²) in [6, 6.07) is 0.492. The summed E-state index contributed by atoms with van der Waals surface area (Å²) in [5.74, 6) is 2.17. The van der Waals surface area contributed by atoms with Gasteiger partial charge >= 0.3 is 6.03 Å². The van der Waals surface area contributed by atoms with Crippen LogP contribution in [0.25, 0.3) is 0 Å². The Labute approximate surface area is 137 Å². The van der Waals surface area contributed by atoms with Crippen molar-refractivity contribution in [3.05, 3.63) is 18.0 Å². The fourth-order valence-electron chi connectivity index (χ4n) is 2.69. The minimum Gasteiger partial charge on any atom is -0.336 e. The number of amides is 2. The van der Waals surface area contributed by atoms with E-state index >= 15 is 0 Å². The van der Waals surface area contributed by atoms with Gasteiger partial charge in [-0.3, -0.25) is 4.68 Å². The zero-order valence-corrected chi connectivity index (χ0v) is 14.8. The zero-order chi connectivity index (χ0) is 16.1. The maximum Gasteiger partial charge on any atom is 0.317 e. The first kappa shape index (κ1) is 17.1. The van der Waals surface area contributed by atoms with Crippen LogP contribution in [0, 0.1) is 0 Å². The van der Waals surface area contributed by atoms with Crippen molar-refractivity contribution in [3.8, 4) is 0 Å². The highest BCUT2D eigenvalue weighted by atomic mass is 32.2. The number of carbonyl (C=O) groups is 1. The van der Waals surface area contributed by atoms with Gasteiger partial charge in [0.25, 0.3) is 0 Å². The van der Waals surface area contributed by atoms with E-state index in [-0.39, 0.29) is 12.1 Å². The molecule has 1 fully saturated rings. The summed E-state index contributed by atoms with van der Waals surface area (Å²) in [6.45, 7) is 3.56. The molecule has 2 amide bonds. The number of likely N-dealkylation sites (N-methyl/N-ethyl adjacent to an activating group) is 1. The number of urea groups is 1. The van der Waals surface area contributed by atoms with Gasteiger partial charge in [0.15, 0.2) is 0 Å². The predicted octanol–water partition coefficient (Wildman–Crippen LogP) is 1.56. The first-order valence-electron chi connectivity index (χ1n) is 7.76. The Morgan fingerprint density at radius 1 is 1.55 bits per heavy atom. The lowest BCUT2D eigenvalue weighted by Crippen LogP contribution is -2.47. The summed E-state index contributed by atoms with van der Waals surface area (Å²) in [4.78, 5) is 16.6. The molecule has 1 aromatic rings. The molecule has 0 bridgehead atoms. The first-order chi connectivity index (χ1) is 10.5. The second-order valence-electron chi connectivity index (χ2n) is 6.06. The summed E-state index contributed by atoms with van der Waals surface area (Å²) in [7, 11) is 5.95. The van der Waals surface area contributed by atoms with Crippen molar-refractivity contribution in [1.82, 2.24) is 24.9 Å². The summed E-state index contributed by atoms with van der Waals surface area (Å²) < 4.78 is 1.79. The fraction of sp³-hybridized carbons (Fsp3) is 0.733. The van der Waals surface area contributed by atoms with E-state index in [1.54, 1.807) is 4.68 Å². The number of carbonyl (C=O) groups excluding carboxylic acids is 1. The SMILES string of the molecule is C[C@H]1CCSCCN1C(=O)NC[C@@H](c1cnn(C)c1)N(C)C. The largest absolute Gasteiger partial charge is 0.336 e. The van der Waals surface area contributed by atoms with Crippen LogP contribution in [0.1, 0.15) is 24.9 Å². The summed E-state index contributed by atoms with van der Waals surface area (Å²) in [5.41, 5.74) is 1.12. The van der Waals surface area contributed by atoms with Crippen molar-refractivity contribution in [2.24, 2.45) is 7.05 Å². The number of rotatable bonds is 4. The molecule has 1 aliphatic heterocycles. The lowest BCUT2D eigenvalue weighted by atomic mass is 10.1. The van der Waals surface area contributed by atoms with Crippen LogP contribution >= 0.6 is 11.8 Å². The number of aromatic nitrogens is 2. The van der Waals surface area contributed by atoms with Gasteiger partial charge in [-0.2, -0.15) is 16.9 Å². The van der Waals surface area contributed by atoms with E-state index in [0.717, 1.165) is 30.0 Å². The Morgan fingerprint density at radius 2 is 2.32 bits per heavy atom. The maximum absolute atomic E-state index is 12.5. The van der Waals surface area contributed by atoms with Gasteiger partial charge in [-0.15, -0.1) is 0 Å². The Hall–Kier alpha value is -1.21. The van der Waals surface area contributed by atoms with Gasteiger partial charge in [0, 0.05) is 43.7 Å². The molecule has 1 aliphatic rings. The molecule has 22 heavy (non-hydrogen) atoms. The summed E-state index contributed by atoms with van der Waals surface area (Å²) >= 11 is 1.93. The van der Waals surface area contributed by atoms with Crippen molar-refractivity contribution in [3.63, 3.8) is 0 Å². The van der Waals surface area contributed by atoms with Crippen LogP contribution < -0.4 is 5.32 Å². The standard InChI is InChI=1S/C15H27N5OS/c1-12-5-7-22-8-6-20(12)15(21)16-10-14(18(2)3)13-9-17-19(4)11-13/h9,11-12,14H,5-8,10H2,1-4H3,(H,16,21)/t12-,14-/m0/s1. The Kier molecular flexibility index (Phi) is 6.14. The number of nitrogens with one attached hydrogen (secondary N) is 1. The van der Waals surface area contributed by atoms with Crippen molar-refractivity contribution in [1.29, 1.82) is 0 Å². The van der Waals surface area contributed by atoms with Gasteiger partial charge in [-0.25, -0.2) is 4.79 Å². The van der Waals surface area contributed by atoms with E-state index in [9.17, 15) is 4.79 Å². The maximum atomic E-state index is 12.5. The molecule has 0 spiro atoms. The van der Waals surface area contributed by atoms with Crippen LogP contribution in [-0.2, 0) is 7.05 Å². The molecule has 0 unspecified atom stereocenters. The normalized spacial score (nSPS) is 20.8. The Morgan fingerprint density at radius 3 is 2.95 bits per heavy atom. The molecule has 7 heteroatoms. The van der Waals surface area contributed by atoms with Gasteiger partial charge < -0.3 is 15.1 Å². The average Bonchev–Trinajstić information content (AvgIpc) is 2.76. The third-order valence-electron chi connectivity index (χ3n) is 4.13. The Balaban J connectivity index is 1.95. The molecular weight excluding hydrogens is 298 g/mol. The van der Waals surface area contributed by atoms with Gasteiger partial charge in [0.1, 0.15) is 0 Å². The lowest BCUT2D eigenvalue weighted by molar-refractivity contribution is 0.178. The molecule has 0 aromatic carbocycles. The number of aryl methyl sites for hydroxylation is 1. The highest BCUT2D eigenvalue weighted by Crippen LogP contribution is 2.18. The van der Waals surface area contributed by atoms with Crippen LogP contribution in [0.15, 0.2) is 12.4 Å².